The molecule has 7 heteroatoms. The summed E-state index contributed by atoms with van der Waals surface area (Å²) in [5, 5.41) is 19.1. The maximum Gasteiger partial charge on any atom is 0.176 e. The third kappa shape index (κ3) is 48.7. The maximum absolute atomic E-state index is 10.8. The quantitative estimate of drug-likeness (QED) is 0.0537. The Balaban J connectivity index is -0.000000116. The van der Waals surface area contributed by atoms with E-state index in [-0.39, 0.29) is 35.7 Å². The van der Waals surface area contributed by atoms with Crippen molar-refractivity contribution in [2.75, 3.05) is 7.11 Å². The van der Waals surface area contributed by atoms with Gasteiger partial charge in [0.25, 0.3) is 0 Å². The van der Waals surface area contributed by atoms with Gasteiger partial charge >= 0.3 is 0 Å². The third-order valence-corrected chi connectivity index (χ3v) is 9.63. The van der Waals surface area contributed by atoms with Crippen molar-refractivity contribution in [3.05, 3.63) is 12.2 Å². The molecule has 56 heavy (non-hydrogen) atoms. The van der Waals surface area contributed by atoms with Crippen molar-refractivity contribution >= 4 is 18.4 Å². The molecule has 0 spiro atoms. The van der Waals surface area contributed by atoms with Crippen molar-refractivity contribution in [3.63, 3.8) is 0 Å². The van der Waals surface area contributed by atoms with Gasteiger partial charge in [0.05, 0.1) is 18.3 Å². The Morgan fingerprint density at radius 3 is 1.23 bits per heavy atom. The molecule has 0 amide bonds. The van der Waals surface area contributed by atoms with Crippen LogP contribution in [0.1, 0.15) is 228 Å². The number of rotatable bonds is 25. The second-order valence-corrected chi connectivity index (χ2v) is 14.1. The average molecular weight is 807 g/mol. The highest BCUT2D eigenvalue weighted by atomic mass is 16.6. The SMILES string of the molecule is C=C(C)C(O)OC(C(C)CC)C(C)C(CCCCCCCCCCCCC)OC.C=O.CC.CC.CC.CC.CC(=O)C(C)C(C)C.CCC(=O)C(C)C(C)O. The van der Waals surface area contributed by atoms with Gasteiger partial charge < -0.3 is 24.5 Å². The van der Waals surface area contributed by atoms with Gasteiger partial charge in [-0.15, -0.1) is 0 Å². The molecule has 344 valence electrons. The summed E-state index contributed by atoms with van der Waals surface area (Å²) >= 11 is 0. The van der Waals surface area contributed by atoms with Crippen LogP contribution < -0.4 is 0 Å². The van der Waals surface area contributed by atoms with Crippen LogP contribution in [0.2, 0.25) is 0 Å². The summed E-state index contributed by atoms with van der Waals surface area (Å²) < 4.78 is 11.8. The largest absolute Gasteiger partial charge is 0.393 e. The Labute approximate surface area is 353 Å². The number of hydrogen-bond donors (Lipinski definition) is 2. The first-order valence-electron chi connectivity index (χ1n) is 23.0. The molecule has 0 bridgehead atoms. The molecule has 0 rings (SSSR count). The van der Waals surface area contributed by atoms with E-state index in [4.69, 9.17) is 19.4 Å². The van der Waals surface area contributed by atoms with Gasteiger partial charge in [0.1, 0.15) is 18.4 Å². The van der Waals surface area contributed by atoms with E-state index in [2.05, 4.69) is 48.1 Å². The fourth-order valence-electron chi connectivity index (χ4n) is 5.15. The molecule has 0 heterocycles. The molecule has 0 saturated heterocycles. The second-order valence-electron chi connectivity index (χ2n) is 14.1. The van der Waals surface area contributed by atoms with E-state index < -0.39 is 12.4 Å². The van der Waals surface area contributed by atoms with Gasteiger partial charge in [-0.05, 0) is 44.6 Å². The van der Waals surface area contributed by atoms with Crippen molar-refractivity contribution in [1.29, 1.82) is 0 Å². The zero-order valence-electron chi connectivity index (χ0n) is 41.9. The smallest absolute Gasteiger partial charge is 0.176 e. The van der Waals surface area contributed by atoms with Gasteiger partial charge in [-0.1, -0.05) is 201 Å². The molecule has 0 radical (unpaired) electrons. The Hall–Kier alpha value is -1.41. The van der Waals surface area contributed by atoms with Crippen LogP contribution in [0, 0.1) is 29.6 Å². The van der Waals surface area contributed by atoms with E-state index in [9.17, 15) is 14.7 Å². The molecule has 8 unspecified atom stereocenters. The van der Waals surface area contributed by atoms with Crippen LogP contribution in [-0.4, -0.2) is 60.3 Å². The van der Waals surface area contributed by atoms with Gasteiger partial charge in [0, 0.05) is 31.3 Å². The summed E-state index contributed by atoms with van der Waals surface area (Å²) in [6.45, 7) is 45.4. The number of ketones is 2. The van der Waals surface area contributed by atoms with Crippen LogP contribution in [0.3, 0.4) is 0 Å². The van der Waals surface area contributed by atoms with Gasteiger partial charge in [-0.2, -0.15) is 0 Å². The zero-order chi connectivity index (χ0) is 46.2. The fraction of sp³-hybridized carbons (Fsp3) is 0.898. The van der Waals surface area contributed by atoms with Gasteiger partial charge in [-0.25, -0.2) is 0 Å². The van der Waals surface area contributed by atoms with Crippen molar-refractivity contribution in [1.82, 2.24) is 0 Å². The van der Waals surface area contributed by atoms with Crippen molar-refractivity contribution < 1.29 is 34.1 Å². The van der Waals surface area contributed by atoms with Gasteiger partial charge in [-0.3, -0.25) is 9.59 Å². The second kappa shape index (κ2) is 57.9. The average Bonchev–Trinajstić information content (AvgIpc) is 3.22. The minimum Gasteiger partial charge on any atom is -0.393 e. The van der Waals surface area contributed by atoms with Crippen LogP contribution in [0.4, 0.5) is 0 Å². The molecule has 0 aromatic carbocycles. The number of carbonyl (C=O) groups is 3. The summed E-state index contributed by atoms with van der Waals surface area (Å²) in [6.07, 6.45) is 16.3. The predicted molar refractivity (Wildman–Crippen MR) is 250 cm³/mol. The first-order chi connectivity index (χ1) is 26.5. The lowest BCUT2D eigenvalue weighted by atomic mass is 9.85. The lowest BCUT2D eigenvalue weighted by Gasteiger charge is -2.35. The number of methoxy groups -OCH3 is 1. The number of ether oxygens (including phenoxy) is 2. The lowest BCUT2D eigenvalue weighted by Crippen LogP contribution is -2.39. The van der Waals surface area contributed by atoms with Crippen LogP contribution in [-0.2, 0) is 23.9 Å². The van der Waals surface area contributed by atoms with Crippen LogP contribution in [0.25, 0.3) is 0 Å². The highest BCUT2D eigenvalue weighted by molar-refractivity contribution is 5.80. The minimum absolute atomic E-state index is 0.0237. The van der Waals surface area contributed by atoms with Gasteiger partial charge in [0.2, 0.25) is 0 Å². The third-order valence-electron chi connectivity index (χ3n) is 9.63. The summed E-state index contributed by atoms with van der Waals surface area (Å²) in [7, 11) is 1.81. The van der Waals surface area contributed by atoms with E-state index >= 15 is 0 Å². The molecule has 7 nitrogen and oxygen atoms in total. The lowest BCUT2D eigenvalue weighted by molar-refractivity contribution is -0.160. The topological polar surface area (TPSA) is 110 Å². The standard InChI is InChI=1S/C26H52O3.C7H14O2.C7H14O.4C2H6.CH2O/c1-8-10-11-12-13-14-15-16-17-18-19-20-24(28-7)23(6)25(22(5)9-2)29-26(27)21(3)4;1-4-7(9)5(2)6(3)8;1-5(2)6(3)7(4)8;5*1-2/h22-27H,3,8-20H2,1-2,4-7H3;5-6,8H,4H2,1-3H3;5-6H,1-4H3;4*1-2H3;1H2. The van der Waals surface area contributed by atoms with Crippen LogP contribution >= 0.6 is 0 Å². The molecule has 0 fully saturated rings. The molecule has 0 saturated carbocycles. The minimum atomic E-state index is -0.893. The first kappa shape index (κ1) is 72.2. The summed E-state index contributed by atoms with van der Waals surface area (Å²) in [4.78, 5) is 29.4. The fourth-order valence-corrected chi connectivity index (χ4v) is 5.15. The summed E-state index contributed by atoms with van der Waals surface area (Å²) in [5.74, 6) is 1.56. The monoisotopic (exact) mass is 807 g/mol. The molecule has 0 aliphatic heterocycles. The molecular formula is C49H106O7. The summed E-state index contributed by atoms with van der Waals surface area (Å²) in [6, 6.07) is 0. The molecule has 0 aromatic heterocycles. The van der Waals surface area contributed by atoms with E-state index in [0.29, 0.717) is 29.6 Å². The van der Waals surface area contributed by atoms with Gasteiger partial charge in [0.15, 0.2) is 6.29 Å². The Morgan fingerprint density at radius 2 is 1.00 bits per heavy atom. The predicted octanol–water partition coefficient (Wildman–Crippen LogP) is 14.4. The van der Waals surface area contributed by atoms with Crippen molar-refractivity contribution in [2.45, 2.75) is 253 Å². The maximum atomic E-state index is 10.8. The number of aliphatic hydroxyl groups is 2. The first-order valence-corrected chi connectivity index (χ1v) is 23.0. The summed E-state index contributed by atoms with van der Waals surface area (Å²) in [5.41, 5.74) is 0.657. The number of Topliss-reactive ketones (excluding diaryl/α,β-unsaturated/α-hetero) is 2. The van der Waals surface area contributed by atoms with Crippen molar-refractivity contribution in [3.8, 4) is 0 Å². The van der Waals surface area contributed by atoms with Crippen LogP contribution in [0.15, 0.2) is 12.2 Å². The molecule has 8 atom stereocenters. The highest BCUT2D eigenvalue weighted by Crippen LogP contribution is 2.28. The number of hydrogen-bond acceptors (Lipinski definition) is 7. The van der Waals surface area contributed by atoms with Crippen molar-refractivity contribution in [2.24, 2.45) is 29.6 Å². The molecule has 2 N–H and O–H groups in total. The van der Waals surface area contributed by atoms with Crippen LogP contribution in [0.5, 0.6) is 0 Å². The Morgan fingerprint density at radius 1 is 0.625 bits per heavy atom. The molecule has 0 aliphatic carbocycles. The highest BCUT2D eigenvalue weighted by Gasteiger charge is 2.31. The normalized spacial score (nSPS) is 14.0. The van der Waals surface area contributed by atoms with E-state index in [1.165, 1.54) is 70.6 Å². The Bertz CT molecular complexity index is 753. The molecule has 0 aliphatic rings. The zero-order valence-corrected chi connectivity index (χ0v) is 41.9. The Kier molecular flexibility index (Phi) is 74.7. The van der Waals surface area contributed by atoms with E-state index in [1.807, 2.05) is 83.1 Å². The molecular weight excluding hydrogens is 701 g/mol. The van der Waals surface area contributed by atoms with E-state index in [1.54, 1.807) is 27.7 Å². The number of carbonyl (C=O) groups excluding carboxylic acids is 3. The van der Waals surface area contributed by atoms with E-state index in [0.717, 1.165) is 12.8 Å². The molecule has 0 aromatic rings. The number of aliphatic hydroxyl groups excluding tert-OH is 2. The number of unbranched alkanes of at least 4 members (excludes halogenated alkanes) is 10.